The topological polar surface area (TPSA) is 614 Å². The molecule has 0 aliphatic carbocycles. The van der Waals surface area contributed by atoms with E-state index in [1.165, 1.54) is 13.8 Å². The van der Waals surface area contributed by atoms with Crippen LogP contribution in [0.15, 0.2) is 0 Å². The Morgan fingerprint density at radius 2 is 0.810 bits per heavy atom. The second kappa shape index (κ2) is 28.6. The van der Waals surface area contributed by atoms with E-state index in [4.69, 9.17) is 61.6 Å². The van der Waals surface area contributed by atoms with Crippen LogP contribution in [0.25, 0.3) is 0 Å². The van der Waals surface area contributed by atoms with Crippen molar-refractivity contribution in [3.05, 3.63) is 0 Å². The van der Waals surface area contributed by atoms with Gasteiger partial charge in [0.15, 0.2) is 50.1 Å². The maximum atomic E-state index is 12.4. The molecule has 84 heavy (non-hydrogen) atoms. The highest BCUT2D eigenvalue weighted by atomic mass is 32.3. The van der Waals surface area contributed by atoms with E-state index in [9.17, 15) is 120 Å². The molecule has 1 unspecified atom stereocenters. The predicted molar refractivity (Wildman–Crippen MR) is 252 cm³/mol. The van der Waals surface area contributed by atoms with Gasteiger partial charge in [0.1, 0.15) is 153 Å². The molecule has 35 atom stereocenters. The van der Waals surface area contributed by atoms with Gasteiger partial charge in [0.25, 0.3) is 0 Å². The van der Waals surface area contributed by atoms with Crippen LogP contribution in [0.1, 0.15) is 20.8 Å². The van der Waals surface area contributed by atoms with Crippen LogP contribution in [-0.2, 0) is 85.8 Å². The Morgan fingerprint density at radius 1 is 0.405 bits per heavy atom. The Hall–Kier alpha value is -2.43. The van der Waals surface area contributed by atoms with E-state index in [1.54, 1.807) is 0 Å². The molecule has 7 saturated heterocycles. The summed E-state index contributed by atoms with van der Waals surface area (Å²) in [7, 11) is -5.69. The Labute approximate surface area is 474 Å². The molecule has 0 saturated carbocycles. The quantitative estimate of drug-likeness (QED) is 0.0503. The molecule has 40 heteroatoms. The zero-order chi connectivity index (χ0) is 62.3. The minimum atomic E-state index is -5.69. The molecule has 7 rings (SSSR count). The van der Waals surface area contributed by atoms with Gasteiger partial charge in [0.2, 0.25) is 5.91 Å². The second-order valence-electron chi connectivity index (χ2n) is 20.8. The summed E-state index contributed by atoms with van der Waals surface area (Å²) in [5.41, 5.74) is 0. The predicted octanol–water partition coefficient (Wildman–Crippen LogP) is -14.2. The summed E-state index contributed by atoms with van der Waals surface area (Å²) in [4.78, 5) is 24.7. The van der Waals surface area contributed by atoms with Crippen molar-refractivity contribution in [1.82, 2.24) is 5.32 Å². The molecule has 0 radical (unpaired) electrons. The lowest BCUT2D eigenvalue weighted by molar-refractivity contribution is -0.414. The van der Waals surface area contributed by atoms with E-state index in [0.29, 0.717) is 0 Å². The molecule has 0 bridgehead atoms. The van der Waals surface area contributed by atoms with E-state index in [1.807, 2.05) is 0 Å². The Morgan fingerprint density at radius 3 is 1.31 bits per heavy atom. The number of carboxylic acids is 1. The van der Waals surface area contributed by atoms with Crippen LogP contribution in [0.4, 0.5) is 0 Å². The summed E-state index contributed by atoms with van der Waals surface area (Å²) in [5, 5.41) is 210. The molecule has 7 aliphatic rings. The summed E-state index contributed by atoms with van der Waals surface area (Å²) >= 11 is 0. The standard InChI is InChI=1S/C44H73NO38S/c1-8-16(51)20(55)23(58)39(70-8)81-35-22(57)18(53)11(4-46)73-43(35)77-30-14(7-49)74-41(28(63)33(30)79-42-27(62)32(83-84(67,68)69)26(61)34(80-42)37(64)65)76-29-13(6-48)75-44(36(25(29)60)82-40-24(59)21(56)17(52)9(2)71-40)78-31-15(45-10(3)50)38(66)72-12(5-47)19(31)54/h8-9,11-36,38-44,46-49,51-63,66H,4-7H2,1-3H3,(H,45,50)(H,64,65)(H,67,68,69)/t8-,9-,11+,12+,13+,14+,15+,16+,17+,18-,19-,20+,21+,22-,23-,24-,25-,26-,27+,28+,29-,30-,31+,32?,33+,34-,35+,36+,38-,39-,40-,41-,42+,43-,44-/m0/s1. The number of carboxylic acid groups (broad SMARTS) is 1. The van der Waals surface area contributed by atoms with Gasteiger partial charge in [-0.2, -0.15) is 8.42 Å². The normalized spacial score (nSPS) is 50.6. The number of rotatable bonds is 20. The van der Waals surface area contributed by atoms with E-state index < -0.39 is 264 Å². The number of carbonyl (C=O) groups excluding carboxylic acids is 1. The number of aliphatic hydroxyl groups excluding tert-OH is 18. The van der Waals surface area contributed by atoms with Crippen molar-refractivity contribution >= 4 is 22.3 Å². The third kappa shape index (κ3) is 14.7. The van der Waals surface area contributed by atoms with Gasteiger partial charge >= 0.3 is 16.4 Å². The lowest BCUT2D eigenvalue weighted by Gasteiger charge is -2.52. The van der Waals surface area contributed by atoms with Crippen molar-refractivity contribution in [3.8, 4) is 0 Å². The molecule has 7 aliphatic heterocycles. The van der Waals surface area contributed by atoms with Crippen molar-refractivity contribution in [3.63, 3.8) is 0 Å². The van der Waals surface area contributed by atoms with E-state index >= 15 is 0 Å². The van der Waals surface area contributed by atoms with Gasteiger partial charge in [-0.25, -0.2) is 8.98 Å². The number of aliphatic carboxylic acids is 1. The molecular formula is C44H73NO38S. The number of hydrogen-bond donors (Lipinski definition) is 21. The number of hydrogen-bond acceptors (Lipinski definition) is 36. The van der Waals surface area contributed by atoms with Gasteiger partial charge in [-0.15, -0.1) is 0 Å². The average molecular weight is 1260 g/mol. The van der Waals surface area contributed by atoms with Crippen LogP contribution in [0.5, 0.6) is 0 Å². The van der Waals surface area contributed by atoms with Gasteiger partial charge in [-0.05, 0) is 13.8 Å². The van der Waals surface area contributed by atoms with Gasteiger partial charge in [0, 0.05) is 6.92 Å². The Balaban J connectivity index is 1.27. The van der Waals surface area contributed by atoms with Gasteiger partial charge in [-0.3, -0.25) is 9.35 Å². The third-order valence-electron chi connectivity index (χ3n) is 15.0. The SMILES string of the molecule is CC(=O)N[C@@H]1[C@@H](O[C@@H]2O[C@H](CO)[C@H](O[C@@H]3O[C@H](CO)[C@H](O[C@@H]4O[C@H](CO)[C@H](O)[C@H](O)[C@H]4O[C@@H]4O[C@@H](C)[C@@H](O)[C@@H](O)[C@@H]4O)[C@H](O[C@@H]4O[C@H](C(=O)O)[C@@H](O)C(OS(=O)(=O)O)[C@H]4O)[C@H]3O)[C@H](O)[C@H]2O[C@@H]2O[C@@H](C)[C@@H](O)[C@@H](O)[C@@H]2O)[C@@H](O)[C@@H](CO)O[C@@H]1O. The number of amides is 1. The highest BCUT2D eigenvalue weighted by Crippen LogP contribution is 2.40. The molecule has 7 heterocycles. The fraction of sp³-hybridized carbons (Fsp3) is 0.955. The zero-order valence-corrected chi connectivity index (χ0v) is 45.1. The first-order chi connectivity index (χ1) is 39.4. The summed E-state index contributed by atoms with van der Waals surface area (Å²) in [5.74, 6) is -2.93. The first-order valence-corrected chi connectivity index (χ1v) is 27.4. The molecule has 0 aromatic heterocycles. The zero-order valence-electron chi connectivity index (χ0n) is 44.2. The summed E-state index contributed by atoms with van der Waals surface area (Å²) in [6, 6.07) is -1.72. The third-order valence-corrected chi connectivity index (χ3v) is 15.5. The van der Waals surface area contributed by atoms with E-state index in [0.717, 1.165) is 6.92 Å². The average Bonchev–Trinajstić information content (AvgIpc) is 1.32. The first-order valence-electron chi connectivity index (χ1n) is 26.0. The van der Waals surface area contributed by atoms with Crippen molar-refractivity contribution in [1.29, 1.82) is 0 Å². The largest absolute Gasteiger partial charge is 0.479 e. The molecule has 0 spiro atoms. The van der Waals surface area contributed by atoms with Gasteiger partial charge < -0.3 is 164 Å². The number of aliphatic hydroxyl groups is 18. The van der Waals surface area contributed by atoms with Crippen molar-refractivity contribution < 1.29 is 185 Å². The fourth-order valence-electron chi connectivity index (χ4n) is 10.5. The lowest BCUT2D eigenvalue weighted by Crippen LogP contribution is -2.70. The van der Waals surface area contributed by atoms with Crippen LogP contribution < -0.4 is 5.32 Å². The number of nitrogens with one attached hydrogen (secondary N) is 1. The molecule has 21 N–H and O–H groups in total. The first kappa shape index (κ1) is 69.1. The molecular weight excluding hydrogens is 1180 g/mol. The summed E-state index contributed by atoms with van der Waals surface area (Å²) in [6.07, 6.45) is -73.0. The minimum absolute atomic E-state index is 0.835. The molecule has 0 aromatic rings. The van der Waals surface area contributed by atoms with E-state index in [2.05, 4.69) is 9.50 Å². The molecule has 7 fully saturated rings. The number of carbonyl (C=O) groups is 2. The van der Waals surface area contributed by atoms with E-state index in [-0.39, 0.29) is 0 Å². The molecule has 488 valence electrons. The summed E-state index contributed by atoms with van der Waals surface area (Å²) < 4.78 is 113. The molecule has 39 nitrogen and oxygen atoms in total. The smallest absolute Gasteiger partial charge is 0.397 e. The monoisotopic (exact) mass is 1260 g/mol. The van der Waals surface area contributed by atoms with Crippen molar-refractivity contribution in [2.45, 2.75) is 236 Å². The second-order valence-corrected chi connectivity index (χ2v) is 21.9. The fourth-order valence-corrected chi connectivity index (χ4v) is 11.0. The van der Waals surface area contributed by atoms with Crippen LogP contribution in [0.3, 0.4) is 0 Å². The molecule has 1 amide bonds. The van der Waals surface area contributed by atoms with Crippen LogP contribution in [0.2, 0.25) is 0 Å². The Kier molecular flexibility index (Phi) is 23.5. The van der Waals surface area contributed by atoms with Gasteiger partial charge in [0.05, 0.1) is 38.6 Å². The number of ether oxygens (including phenoxy) is 13. The van der Waals surface area contributed by atoms with Crippen molar-refractivity contribution in [2.75, 3.05) is 26.4 Å². The lowest BCUT2D eigenvalue weighted by atomic mass is 9.94. The van der Waals surface area contributed by atoms with Crippen molar-refractivity contribution in [2.24, 2.45) is 0 Å². The molecule has 0 aromatic carbocycles. The van der Waals surface area contributed by atoms with Crippen LogP contribution in [0, 0.1) is 0 Å². The maximum absolute atomic E-state index is 12.4. The van der Waals surface area contributed by atoms with Crippen LogP contribution in [-0.4, -0.2) is 363 Å². The highest BCUT2D eigenvalue weighted by molar-refractivity contribution is 7.80. The Bertz CT molecular complexity index is 2250. The minimum Gasteiger partial charge on any atom is -0.479 e. The van der Waals surface area contributed by atoms with Crippen LogP contribution >= 0.6 is 0 Å². The van der Waals surface area contributed by atoms with Gasteiger partial charge in [-0.1, -0.05) is 0 Å². The summed E-state index contributed by atoms with van der Waals surface area (Å²) in [6.45, 7) is -1.19. The highest BCUT2D eigenvalue weighted by Gasteiger charge is 2.60. The maximum Gasteiger partial charge on any atom is 0.397 e.